The van der Waals surface area contributed by atoms with Crippen molar-refractivity contribution >= 4 is 22.2 Å². The third kappa shape index (κ3) is 5.95. The van der Waals surface area contributed by atoms with Crippen LogP contribution in [0, 0.1) is 0 Å². The molecule has 0 spiro atoms. The van der Waals surface area contributed by atoms with Crippen LogP contribution in [0.3, 0.4) is 0 Å². The van der Waals surface area contributed by atoms with Crippen LogP contribution in [-0.2, 0) is 23.5 Å². The van der Waals surface area contributed by atoms with Crippen molar-refractivity contribution in [2.24, 2.45) is 0 Å². The number of ether oxygens (including phenoxy) is 3. The van der Waals surface area contributed by atoms with E-state index in [1.165, 1.54) is 19.4 Å². The molecular formula is C23H19F4N3O4S. The van der Waals surface area contributed by atoms with E-state index < -0.39 is 29.5 Å². The summed E-state index contributed by atoms with van der Waals surface area (Å²) in [6, 6.07) is 14.6. The van der Waals surface area contributed by atoms with Gasteiger partial charge in [-0.25, -0.2) is 0 Å². The van der Waals surface area contributed by atoms with Crippen LogP contribution >= 0.6 is 0 Å². The fraction of sp³-hybridized carbons (Fsp3) is 0.217. The highest BCUT2D eigenvalue weighted by molar-refractivity contribution is 7.90. The number of methoxy groups -OCH3 is 1. The second-order valence-corrected chi connectivity index (χ2v) is 8.64. The lowest BCUT2D eigenvalue weighted by molar-refractivity contribution is -0.253. The number of nitrogens with zero attached hydrogens (tertiary/aromatic N) is 2. The van der Waals surface area contributed by atoms with Gasteiger partial charge in [0.05, 0.1) is 30.0 Å². The van der Waals surface area contributed by atoms with Crippen molar-refractivity contribution in [3.8, 4) is 17.2 Å². The second kappa shape index (κ2) is 10.4. The molecule has 35 heavy (non-hydrogen) atoms. The molecule has 2 aromatic carbocycles. The molecule has 0 radical (unpaired) electrons. The number of aromatic nitrogens is 3. The van der Waals surface area contributed by atoms with E-state index in [-0.39, 0.29) is 16.4 Å². The highest BCUT2D eigenvalue weighted by Gasteiger charge is 2.44. The molecule has 0 amide bonds. The summed E-state index contributed by atoms with van der Waals surface area (Å²) in [7, 11) is 1.48. The number of pyridine rings is 1. The van der Waals surface area contributed by atoms with Crippen molar-refractivity contribution in [2.45, 2.75) is 30.1 Å². The lowest BCUT2D eigenvalue weighted by Gasteiger charge is -2.16. The quantitative estimate of drug-likeness (QED) is 0.237. The summed E-state index contributed by atoms with van der Waals surface area (Å²) in [6.45, 7) is 0.294. The minimum absolute atomic E-state index is 0.0294. The highest BCUT2D eigenvalue weighted by atomic mass is 32.2. The number of halogens is 4. The summed E-state index contributed by atoms with van der Waals surface area (Å²) in [5, 5.41) is 0.0575. The Morgan fingerprint density at radius 2 is 1.86 bits per heavy atom. The largest absolute Gasteiger partial charge is 0.609 e. The zero-order chi connectivity index (χ0) is 25.0. The standard InChI is InChI=1S/C23H19F4N3O4S/c1-32-20-11-28-15(9-19(20)33-12-14-5-3-2-4-6-14)13-35(31)22-29-17-8-7-16(10-18(17)30-22)34-23(26,27)21(24)25/h2-11,21H,12-13H2,1H3,(H,29,30). The third-order valence-electron chi connectivity index (χ3n) is 4.78. The second-order valence-electron chi connectivity index (χ2n) is 7.28. The van der Waals surface area contributed by atoms with Gasteiger partial charge >= 0.3 is 17.7 Å². The van der Waals surface area contributed by atoms with Crippen LogP contribution < -0.4 is 14.2 Å². The van der Waals surface area contributed by atoms with Crippen LogP contribution in [0.5, 0.6) is 17.2 Å². The Morgan fingerprint density at radius 1 is 1.09 bits per heavy atom. The molecular weight excluding hydrogens is 490 g/mol. The predicted molar refractivity (Wildman–Crippen MR) is 119 cm³/mol. The van der Waals surface area contributed by atoms with Gasteiger partial charge in [0, 0.05) is 23.3 Å². The molecule has 1 unspecified atom stereocenters. The molecule has 0 saturated carbocycles. The Hall–Kier alpha value is -3.51. The fourth-order valence-corrected chi connectivity index (χ4v) is 4.07. The van der Waals surface area contributed by atoms with Crippen molar-refractivity contribution in [3.05, 3.63) is 72.1 Å². The number of H-pyrrole nitrogens is 1. The first-order valence-corrected chi connectivity index (χ1v) is 11.5. The van der Waals surface area contributed by atoms with Crippen molar-refractivity contribution in [1.82, 2.24) is 15.0 Å². The molecule has 0 aliphatic rings. The van der Waals surface area contributed by atoms with Gasteiger partial charge in [-0.15, -0.1) is 0 Å². The summed E-state index contributed by atoms with van der Waals surface area (Å²) in [4.78, 5) is 11.2. The van der Waals surface area contributed by atoms with Gasteiger partial charge in [0.15, 0.2) is 17.3 Å². The molecule has 0 aliphatic carbocycles. The van der Waals surface area contributed by atoms with Crippen LogP contribution in [0.4, 0.5) is 17.6 Å². The van der Waals surface area contributed by atoms with Crippen LogP contribution in [0.1, 0.15) is 11.3 Å². The van der Waals surface area contributed by atoms with E-state index in [4.69, 9.17) is 9.47 Å². The van der Waals surface area contributed by atoms with Crippen LogP contribution in [0.2, 0.25) is 0 Å². The van der Waals surface area contributed by atoms with Crippen molar-refractivity contribution < 1.29 is 36.3 Å². The Balaban J connectivity index is 1.48. The zero-order valence-corrected chi connectivity index (χ0v) is 19.0. The molecule has 7 nitrogen and oxygen atoms in total. The maximum absolute atomic E-state index is 13.2. The molecule has 2 heterocycles. The number of benzene rings is 2. The highest BCUT2D eigenvalue weighted by Crippen LogP contribution is 2.31. The molecule has 0 aliphatic heterocycles. The van der Waals surface area contributed by atoms with E-state index in [2.05, 4.69) is 19.7 Å². The zero-order valence-electron chi connectivity index (χ0n) is 18.2. The Morgan fingerprint density at radius 3 is 2.57 bits per heavy atom. The van der Waals surface area contributed by atoms with Gasteiger partial charge in [-0.05, 0) is 17.7 Å². The number of hydrogen-bond donors (Lipinski definition) is 1. The monoisotopic (exact) mass is 509 g/mol. The van der Waals surface area contributed by atoms with Crippen LogP contribution in [-0.4, -0.2) is 39.1 Å². The minimum atomic E-state index is -4.64. The van der Waals surface area contributed by atoms with Crippen LogP contribution in [0.25, 0.3) is 11.0 Å². The first-order valence-electron chi connectivity index (χ1n) is 10.2. The van der Waals surface area contributed by atoms with E-state index in [9.17, 15) is 22.1 Å². The number of aromatic amines is 1. The van der Waals surface area contributed by atoms with Gasteiger partial charge in [-0.1, -0.05) is 30.3 Å². The van der Waals surface area contributed by atoms with Crippen molar-refractivity contribution in [2.75, 3.05) is 7.11 Å². The number of hydrogen-bond acceptors (Lipinski definition) is 6. The van der Waals surface area contributed by atoms with E-state index >= 15 is 0 Å². The molecule has 0 bridgehead atoms. The first kappa shape index (κ1) is 24.6. The third-order valence-corrected chi connectivity index (χ3v) is 5.96. The van der Waals surface area contributed by atoms with Gasteiger partial charge in [0.1, 0.15) is 12.4 Å². The summed E-state index contributed by atoms with van der Waals surface area (Å²) >= 11 is -1.69. The van der Waals surface area contributed by atoms with E-state index in [0.717, 1.165) is 17.7 Å². The van der Waals surface area contributed by atoms with E-state index in [0.29, 0.717) is 29.3 Å². The Bertz CT molecular complexity index is 1290. The molecule has 4 aromatic rings. The first-order chi connectivity index (χ1) is 16.7. The summed E-state index contributed by atoms with van der Waals surface area (Å²) in [5.41, 5.74) is 1.89. The maximum Gasteiger partial charge on any atom is 0.461 e. The number of alkyl halides is 4. The van der Waals surface area contributed by atoms with E-state index in [1.807, 2.05) is 30.3 Å². The summed E-state index contributed by atoms with van der Waals surface area (Å²) < 4.78 is 79.2. The van der Waals surface area contributed by atoms with Gasteiger partial charge in [-0.2, -0.15) is 22.5 Å². The van der Waals surface area contributed by atoms with Gasteiger partial charge in [0.2, 0.25) is 0 Å². The molecule has 0 saturated heterocycles. The fourth-order valence-electron chi connectivity index (χ4n) is 3.08. The number of imidazole rings is 1. The maximum atomic E-state index is 13.2. The number of fused-ring (bicyclic) bond motifs is 1. The average Bonchev–Trinajstić information content (AvgIpc) is 3.27. The Kier molecular flexibility index (Phi) is 7.31. The van der Waals surface area contributed by atoms with Gasteiger partial charge in [-0.3, -0.25) is 9.97 Å². The lowest BCUT2D eigenvalue weighted by Crippen LogP contribution is -2.33. The minimum Gasteiger partial charge on any atom is -0.609 e. The summed E-state index contributed by atoms with van der Waals surface area (Å²) in [5.74, 6) is 0.305. The molecule has 1 N–H and O–H groups in total. The summed E-state index contributed by atoms with van der Waals surface area (Å²) in [6.07, 6.45) is -7.17. The van der Waals surface area contributed by atoms with Crippen molar-refractivity contribution in [3.63, 3.8) is 0 Å². The lowest BCUT2D eigenvalue weighted by atomic mass is 10.2. The van der Waals surface area contributed by atoms with Crippen molar-refractivity contribution in [1.29, 1.82) is 0 Å². The smallest absolute Gasteiger partial charge is 0.461 e. The molecule has 0 fully saturated rings. The predicted octanol–water partition coefficient (Wildman–Crippen LogP) is 5.09. The molecule has 4 rings (SSSR count). The molecule has 12 heteroatoms. The SMILES string of the molecule is COc1cnc(C[S+]([O-])c2nc3cc(OC(F)(F)C(F)F)ccc3[nH]2)cc1OCc1ccccc1. The van der Waals surface area contributed by atoms with Gasteiger partial charge in [0.25, 0.3) is 0 Å². The molecule has 184 valence electrons. The number of rotatable bonds is 10. The number of nitrogens with one attached hydrogen (secondary N) is 1. The average molecular weight is 509 g/mol. The normalized spacial score (nSPS) is 12.7. The van der Waals surface area contributed by atoms with E-state index in [1.54, 1.807) is 6.07 Å². The van der Waals surface area contributed by atoms with Gasteiger partial charge < -0.3 is 18.8 Å². The Labute approximate surface area is 200 Å². The topological polar surface area (TPSA) is 92.3 Å². The van der Waals surface area contributed by atoms with Crippen LogP contribution in [0.15, 0.2) is 66.0 Å². The molecule has 1 atom stereocenters. The molecule has 2 aromatic heterocycles.